The lowest BCUT2D eigenvalue weighted by Gasteiger charge is -2.06. The van der Waals surface area contributed by atoms with E-state index in [2.05, 4.69) is 15.2 Å². The van der Waals surface area contributed by atoms with Gasteiger partial charge in [0.05, 0.1) is 5.69 Å². The second-order valence-corrected chi connectivity index (χ2v) is 6.18. The van der Waals surface area contributed by atoms with Crippen LogP contribution in [0.25, 0.3) is 28.7 Å². The molecule has 0 amide bonds. The molecule has 2 aromatic carbocycles. The quantitative estimate of drug-likeness (QED) is 0.551. The first-order valence-electron chi connectivity index (χ1n) is 7.87. The Bertz CT molecular complexity index is 1150. The van der Waals surface area contributed by atoms with Crippen molar-refractivity contribution in [2.75, 3.05) is 0 Å². The molecule has 0 fully saturated rings. The van der Waals surface area contributed by atoms with E-state index in [1.54, 1.807) is 29.1 Å². The van der Waals surface area contributed by atoms with E-state index in [0.29, 0.717) is 16.4 Å². The van der Waals surface area contributed by atoms with E-state index < -0.39 is 0 Å². The minimum atomic E-state index is -0.296. The van der Waals surface area contributed by atoms with Crippen molar-refractivity contribution >= 4 is 11.6 Å². The average Bonchev–Trinajstić information content (AvgIpc) is 3.12. The molecule has 0 saturated carbocycles. The Kier molecular flexibility index (Phi) is 4.10. The summed E-state index contributed by atoms with van der Waals surface area (Å²) < 4.78 is 6.86. The standard InChI is InChI=1S/C19H13ClN4O2/c1-12-4-2-7-15(10-12)24-9-8-16(25)17(22-24)19-21-18(23-26-19)13-5-3-6-14(20)11-13/h2-11H,1H3. The molecule has 4 aromatic rings. The maximum absolute atomic E-state index is 12.2. The van der Waals surface area contributed by atoms with Crippen molar-refractivity contribution in [2.45, 2.75) is 6.92 Å². The highest BCUT2D eigenvalue weighted by molar-refractivity contribution is 6.30. The summed E-state index contributed by atoms with van der Waals surface area (Å²) in [6, 6.07) is 16.3. The van der Waals surface area contributed by atoms with E-state index in [1.165, 1.54) is 6.07 Å². The molecule has 0 bridgehead atoms. The number of nitrogens with zero attached hydrogens (tertiary/aromatic N) is 4. The van der Waals surface area contributed by atoms with Gasteiger partial charge in [-0.15, -0.1) is 0 Å². The van der Waals surface area contributed by atoms with Gasteiger partial charge < -0.3 is 4.52 Å². The van der Waals surface area contributed by atoms with Gasteiger partial charge in [0.15, 0.2) is 5.69 Å². The maximum atomic E-state index is 12.2. The third-order valence-corrected chi connectivity index (χ3v) is 4.02. The number of aromatic nitrogens is 4. The lowest BCUT2D eigenvalue weighted by Crippen LogP contribution is -2.12. The molecule has 0 aliphatic carbocycles. The number of hydrogen-bond donors (Lipinski definition) is 0. The van der Waals surface area contributed by atoms with E-state index >= 15 is 0 Å². The monoisotopic (exact) mass is 364 g/mol. The second-order valence-electron chi connectivity index (χ2n) is 5.75. The Morgan fingerprint density at radius 2 is 1.92 bits per heavy atom. The lowest BCUT2D eigenvalue weighted by atomic mass is 10.2. The summed E-state index contributed by atoms with van der Waals surface area (Å²) in [6.45, 7) is 1.99. The predicted molar refractivity (Wildman–Crippen MR) is 98.3 cm³/mol. The van der Waals surface area contributed by atoms with Gasteiger partial charge >= 0.3 is 0 Å². The minimum absolute atomic E-state index is 0.0620. The van der Waals surface area contributed by atoms with Crippen LogP contribution in [-0.4, -0.2) is 19.9 Å². The van der Waals surface area contributed by atoms with Crippen molar-refractivity contribution in [3.63, 3.8) is 0 Å². The first-order valence-corrected chi connectivity index (χ1v) is 8.25. The van der Waals surface area contributed by atoms with Crippen LogP contribution in [0.3, 0.4) is 0 Å². The normalized spacial score (nSPS) is 10.8. The van der Waals surface area contributed by atoms with Gasteiger partial charge in [0, 0.05) is 22.8 Å². The number of halogens is 1. The lowest BCUT2D eigenvalue weighted by molar-refractivity contribution is 0.429. The molecule has 2 aromatic heterocycles. The number of rotatable bonds is 3. The van der Waals surface area contributed by atoms with Crippen LogP contribution in [0.2, 0.25) is 5.02 Å². The van der Waals surface area contributed by atoms with Crippen LogP contribution in [0, 0.1) is 6.92 Å². The van der Waals surface area contributed by atoms with Gasteiger partial charge in [-0.1, -0.05) is 41.0 Å². The van der Waals surface area contributed by atoms with Crippen LogP contribution in [0.5, 0.6) is 0 Å². The molecule has 0 spiro atoms. The van der Waals surface area contributed by atoms with E-state index in [-0.39, 0.29) is 17.0 Å². The summed E-state index contributed by atoms with van der Waals surface area (Å²) in [5.41, 5.74) is 2.42. The Hall–Kier alpha value is -3.25. The molecule has 6 nitrogen and oxygen atoms in total. The van der Waals surface area contributed by atoms with Gasteiger partial charge in [-0.25, -0.2) is 4.68 Å². The van der Waals surface area contributed by atoms with Gasteiger partial charge in [-0.2, -0.15) is 10.1 Å². The van der Waals surface area contributed by atoms with Gasteiger partial charge in [0.25, 0.3) is 5.89 Å². The fourth-order valence-electron chi connectivity index (χ4n) is 2.53. The van der Waals surface area contributed by atoms with Crippen LogP contribution in [-0.2, 0) is 0 Å². The fourth-order valence-corrected chi connectivity index (χ4v) is 2.72. The zero-order chi connectivity index (χ0) is 18.1. The van der Waals surface area contributed by atoms with E-state index in [1.807, 2.05) is 37.3 Å². The first kappa shape index (κ1) is 16.2. The molecule has 0 aliphatic rings. The van der Waals surface area contributed by atoms with Crippen LogP contribution < -0.4 is 5.43 Å². The molecule has 7 heteroatoms. The van der Waals surface area contributed by atoms with Crippen LogP contribution in [0.15, 0.2) is 70.1 Å². The molecule has 0 radical (unpaired) electrons. The highest BCUT2D eigenvalue weighted by Gasteiger charge is 2.16. The Balaban J connectivity index is 1.77. The van der Waals surface area contributed by atoms with Crippen molar-refractivity contribution in [2.24, 2.45) is 0 Å². The summed E-state index contributed by atoms with van der Waals surface area (Å²) in [5, 5.41) is 8.85. The summed E-state index contributed by atoms with van der Waals surface area (Å²) in [6.07, 6.45) is 1.61. The van der Waals surface area contributed by atoms with Crippen molar-refractivity contribution < 1.29 is 4.52 Å². The average molecular weight is 365 g/mol. The molecule has 2 heterocycles. The van der Waals surface area contributed by atoms with E-state index in [4.69, 9.17) is 16.1 Å². The van der Waals surface area contributed by atoms with Crippen LogP contribution >= 0.6 is 11.6 Å². The third-order valence-electron chi connectivity index (χ3n) is 3.79. The van der Waals surface area contributed by atoms with Crippen molar-refractivity contribution in [3.8, 4) is 28.7 Å². The molecule has 0 aliphatic heterocycles. The molecule has 4 rings (SSSR count). The van der Waals surface area contributed by atoms with Crippen molar-refractivity contribution in [1.29, 1.82) is 0 Å². The molecule has 0 N–H and O–H groups in total. The SMILES string of the molecule is Cc1cccc(-n2ccc(=O)c(-c3nc(-c4cccc(Cl)c4)no3)n2)c1. The van der Waals surface area contributed by atoms with E-state index in [9.17, 15) is 4.79 Å². The van der Waals surface area contributed by atoms with Gasteiger partial charge in [0.1, 0.15) is 0 Å². The maximum Gasteiger partial charge on any atom is 0.282 e. The Morgan fingerprint density at radius 1 is 1.08 bits per heavy atom. The zero-order valence-electron chi connectivity index (χ0n) is 13.8. The predicted octanol–water partition coefficient (Wildman–Crippen LogP) is 3.91. The summed E-state index contributed by atoms with van der Waals surface area (Å²) in [7, 11) is 0. The molecule has 0 saturated heterocycles. The van der Waals surface area contributed by atoms with Crippen LogP contribution in [0.4, 0.5) is 0 Å². The topological polar surface area (TPSA) is 73.8 Å². The van der Waals surface area contributed by atoms with Gasteiger partial charge in [0.2, 0.25) is 11.3 Å². The number of benzene rings is 2. The molecule has 0 atom stereocenters. The minimum Gasteiger partial charge on any atom is -0.332 e. The fraction of sp³-hybridized carbons (Fsp3) is 0.0526. The number of aryl methyl sites for hydroxylation is 1. The second kappa shape index (κ2) is 6.57. The van der Waals surface area contributed by atoms with E-state index in [0.717, 1.165) is 11.3 Å². The summed E-state index contributed by atoms with van der Waals surface area (Å²) in [5.74, 6) is 0.404. The van der Waals surface area contributed by atoms with Crippen molar-refractivity contribution in [3.05, 3.63) is 81.6 Å². The van der Waals surface area contributed by atoms with Gasteiger partial charge in [-0.3, -0.25) is 4.79 Å². The zero-order valence-corrected chi connectivity index (χ0v) is 14.5. The summed E-state index contributed by atoms with van der Waals surface area (Å²) in [4.78, 5) is 16.5. The molecular formula is C19H13ClN4O2. The van der Waals surface area contributed by atoms with Gasteiger partial charge in [-0.05, 0) is 36.8 Å². The number of hydrogen-bond acceptors (Lipinski definition) is 5. The summed E-state index contributed by atoms with van der Waals surface area (Å²) >= 11 is 5.99. The highest BCUT2D eigenvalue weighted by Crippen LogP contribution is 2.22. The van der Waals surface area contributed by atoms with Crippen LogP contribution in [0.1, 0.15) is 5.56 Å². The first-order chi connectivity index (χ1) is 12.6. The molecule has 128 valence electrons. The largest absolute Gasteiger partial charge is 0.332 e. The Labute approximate surface area is 153 Å². The molecular weight excluding hydrogens is 352 g/mol. The molecule has 0 unspecified atom stereocenters. The molecule has 26 heavy (non-hydrogen) atoms. The smallest absolute Gasteiger partial charge is 0.282 e. The Morgan fingerprint density at radius 3 is 2.73 bits per heavy atom. The third kappa shape index (κ3) is 3.14. The highest BCUT2D eigenvalue weighted by atomic mass is 35.5. The van der Waals surface area contributed by atoms with Crippen molar-refractivity contribution in [1.82, 2.24) is 19.9 Å².